The maximum Gasteiger partial charge on any atom is 0.387 e. The molecule has 1 aromatic rings. The van der Waals surface area contributed by atoms with Crippen LogP contribution in [0.3, 0.4) is 0 Å². The molecule has 9 heteroatoms. The first-order chi connectivity index (χ1) is 7.75. The number of hydrogen-bond acceptors (Lipinski definition) is 4. The van der Waals surface area contributed by atoms with Crippen molar-refractivity contribution in [2.45, 2.75) is 11.5 Å². The fraction of sp³-hybridized carbons (Fsp3) is 0.125. The Balaban J connectivity index is 3.52. The van der Waals surface area contributed by atoms with E-state index in [0.29, 0.717) is 12.1 Å². The zero-order chi connectivity index (χ0) is 13.2. The first-order valence-electron chi connectivity index (χ1n) is 3.89. The van der Waals surface area contributed by atoms with E-state index < -0.39 is 32.1 Å². The van der Waals surface area contributed by atoms with Crippen LogP contribution in [0.5, 0.6) is 5.75 Å². The van der Waals surface area contributed by atoms with Crippen LogP contribution < -0.4 is 4.74 Å². The third-order valence-corrected chi connectivity index (χ3v) is 2.95. The minimum Gasteiger partial charge on any atom is -0.433 e. The zero-order valence-corrected chi connectivity index (χ0v) is 9.40. The molecule has 17 heavy (non-hydrogen) atoms. The van der Waals surface area contributed by atoms with Crippen molar-refractivity contribution >= 4 is 19.7 Å². The molecule has 0 unspecified atom stereocenters. The van der Waals surface area contributed by atoms with E-state index >= 15 is 0 Å². The predicted octanol–water partition coefficient (Wildman–Crippen LogP) is 2.23. The van der Waals surface area contributed by atoms with E-state index in [0.717, 1.165) is 0 Å². The van der Waals surface area contributed by atoms with Crippen LogP contribution in [0.4, 0.5) is 13.2 Å². The number of halogens is 4. The molecule has 1 aromatic carbocycles. The summed E-state index contributed by atoms with van der Waals surface area (Å²) >= 11 is 0. The first kappa shape index (κ1) is 13.6. The lowest BCUT2D eigenvalue weighted by molar-refractivity contribution is -0.0520. The van der Waals surface area contributed by atoms with Gasteiger partial charge in [-0.15, -0.1) is 0 Å². The van der Waals surface area contributed by atoms with Crippen LogP contribution in [0.15, 0.2) is 17.0 Å². The van der Waals surface area contributed by atoms with Crippen LogP contribution in [-0.2, 0) is 9.05 Å². The highest BCUT2D eigenvalue weighted by Gasteiger charge is 2.25. The van der Waals surface area contributed by atoms with Gasteiger partial charge in [-0.3, -0.25) is 0 Å². The SMILES string of the molecule is N#Cc1cc(F)c(S(=O)(=O)Cl)c(OC(F)F)c1. The van der Waals surface area contributed by atoms with Crippen LogP contribution in [0.25, 0.3) is 0 Å². The third-order valence-electron chi connectivity index (χ3n) is 1.60. The molecule has 0 bridgehead atoms. The fourth-order valence-corrected chi connectivity index (χ4v) is 2.14. The maximum atomic E-state index is 13.3. The Hall–Kier alpha value is -1.46. The van der Waals surface area contributed by atoms with Crippen LogP contribution in [0.2, 0.25) is 0 Å². The van der Waals surface area contributed by atoms with Crippen molar-refractivity contribution in [2.24, 2.45) is 0 Å². The molecular formula is C8H3ClF3NO3S. The van der Waals surface area contributed by atoms with Crippen LogP contribution >= 0.6 is 10.7 Å². The Labute approximate surface area is 98.6 Å². The second-order valence-corrected chi connectivity index (χ2v) is 5.22. The highest BCUT2D eigenvalue weighted by atomic mass is 35.7. The van der Waals surface area contributed by atoms with Gasteiger partial charge in [-0.05, 0) is 12.1 Å². The van der Waals surface area contributed by atoms with Gasteiger partial charge in [0.05, 0.1) is 11.6 Å². The molecule has 0 spiro atoms. The van der Waals surface area contributed by atoms with E-state index in [9.17, 15) is 21.6 Å². The molecule has 0 fully saturated rings. The number of nitrogens with zero attached hydrogens (tertiary/aromatic N) is 1. The largest absolute Gasteiger partial charge is 0.433 e. The highest BCUT2D eigenvalue weighted by molar-refractivity contribution is 8.13. The van der Waals surface area contributed by atoms with Gasteiger partial charge >= 0.3 is 6.61 Å². The number of alkyl halides is 2. The Bertz CT molecular complexity index is 582. The van der Waals surface area contributed by atoms with E-state index in [1.165, 1.54) is 6.07 Å². The molecule has 0 aliphatic heterocycles. The summed E-state index contributed by atoms with van der Waals surface area (Å²) in [5, 5.41) is 8.47. The molecule has 0 aromatic heterocycles. The van der Waals surface area contributed by atoms with Crippen molar-refractivity contribution in [1.29, 1.82) is 5.26 Å². The fourth-order valence-electron chi connectivity index (χ4n) is 1.05. The molecule has 0 saturated heterocycles. The Morgan fingerprint density at radius 1 is 1.41 bits per heavy atom. The molecular weight excluding hydrogens is 283 g/mol. The van der Waals surface area contributed by atoms with Crippen molar-refractivity contribution in [1.82, 2.24) is 0 Å². The van der Waals surface area contributed by atoms with E-state index in [-0.39, 0.29) is 5.56 Å². The minimum atomic E-state index is -4.61. The van der Waals surface area contributed by atoms with Gasteiger partial charge in [0, 0.05) is 10.7 Å². The van der Waals surface area contributed by atoms with Gasteiger partial charge in [-0.25, -0.2) is 12.8 Å². The smallest absolute Gasteiger partial charge is 0.387 e. The van der Waals surface area contributed by atoms with Crippen LogP contribution in [0, 0.1) is 17.1 Å². The third kappa shape index (κ3) is 3.25. The molecule has 92 valence electrons. The average molecular weight is 286 g/mol. The van der Waals surface area contributed by atoms with Crippen molar-refractivity contribution in [2.75, 3.05) is 0 Å². The van der Waals surface area contributed by atoms with Gasteiger partial charge in [0.15, 0.2) is 4.90 Å². The van der Waals surface area contributed by atoms with Crippen molar-refractivity contribution in [3.63, 3.8) is 0 Å². The second kappa shape index (κ2) is 4.81. The summed E-state index contributed by atoms with van der Waals surface area (Å²) in [6.45, 7) is -3.37. The van der Waals surface area contributed by atoms with Crippen LogP contribution in [-0.4, -0.2) is 15.0 Å². The number of hydrogen-bond donors (Lipinski definition) is 0. The number of ether oxygens (including phenoxy) is 1. The predicted molar refractivity (Wildman–Crippen MR) is 50.8 cm³/mol. The molecule has 0 aliphatic rings. The molecule has 0 aliphatic carbocycles. The lowest BCUT2D eigenvalue weighted by Crippen LogP contribution is -2.08. The van der Waals surface area contributed by atoms with E-state index in [4.69, 9.17) is 15.9 Å². The lowest BCUT2D eigenvalue weighted by atomic mass is 10.2. The van der Waals surface area contributed by atoms with Gasteiger partial charge in [0.25, 0.3) is 9.05 Å². The maximum absolute atomic E-state index is 13.3. The monoisotopic (exact) mass is 285 g/mol. The number of nitriles is 1. The summed E-state index contributed by atoms with van der Waals surface area (Å²) in [5.74, 6) is -2.44. The van der Waals surface area contributed by atoms with Crippen molar-refractivity contribution in [3.05, 3.63) is 23.5 Å². The lowest BCUT2D eigenvalue weighted by Gasteiger charge is -2.09. The van der Waals surface area contributed by atoms with Crippen molar-refractivity contribution in [3.8, 4) is 11.8 Å². The molecule has 0 atom stereocenters. The normalized spacial score (nSPS) is 11.3. The molecule has 0 amide bonds. The van der Waals surface area contributed by atoms with E-state index in [2.05, 4.69) is 4.74 Å². The zero-order valence-electron chi connectivity index (χ0n) is 7.82. The summed E-state index contributed by atoms with van der Waals surface area (Å²) in [6.07, 6.45) is 0. The van der Waals surface area contributed by atoms with Crippen LogP contribution in [0.1, 0.15) is 5.56 Å². The molecule has 0 N–H and O–H groups in total. The molecule has 4 nitrogen and oxygen atoms in total. The first-order valence-corrected chi connectivity index (χ1v) is 6.19. The van der Waals surface area contributed by atoms with Gasteiger partial charge < -0.3 is 4.74 Å². The quantitative estimate of drug-likeness (QED) is 0.799. The molecule has 0 saturated carbocycles. The molecule has 0 radical (unpaired) electrons. The topological polar surface area (TPSA) is 67.2 Å². The molecule has 1 rings (SSSR count). The van der Waals surface area contributed by atoms with E-state index in [1.54, 1.807) is 0 Å². The Kier molecular flexibility index (Phi) is 3.85. The standard InChI is InChI=1S/C8H3ClF3NO3S/c9-17(14,15)7-5(10)1-4(3-13)2-6(7)16-8(11)12/h1-2,8H. The molecule has 0 heterocycles. The average Bonchev–Trinajstić information content (AvgIpc) is 2.13. The summed E-state index contributed by atoms with van der Waals surface area (Å²) in [5.41, 5.74) is -0.373. The van der Waals surface area contributed by atoms with Gasteiger partial charge in [0.1, 0.15) is 11.6 Å². The van der Waals surface area contributed by atoms with Crippen molar-refractivity contribution < 1.29 is 26.3 Å². The minimum absolute atomic E-state index is 0.373. The Morgan fingerprint density at radius 3 is 2.41 bits per heavy atom. The number of benzene rings is 1. The van der Waals surface area contributed by atoms with E-state index in [1.807, 2.05) is 0 Å². The number of rotatable bonds is 3. The Morgan fingerprint density at radius 2 is 2.00 bits per heavy atom. The highest BCUT2D eigenvalue weighted by Crippen LogP contribution is 2.32. The summed E-state index contributed by atoms with van der Waals surface area (Å²) in [7, 11) is 0.267. The summed E-state index contributed by atoms with van der Waals surface area (Å²) < 4.78 is 63.0. The summed E-state index contributed by atoms with van der Waals surface area (Å²) in [6, 6.07) is 2.66. The van der Waals surface area contributed by atoms with Gasteiger partial charge in [-0.1, -0.05) is 0 Å². The van der Waals surface area contributed by atoms with Gasteiger partial charge in [0.2, 0.25) is 0 Å². The summed E-state index contributed by atoms with van der Waals surface area (Å²) in [4.78, 5) is -1.22. The van der Waals surface area contributed by atoms with Gasteiger partial charge in [-0.2, -0.15) is 14.0 Å². The second-order valence-electron chi connectivity index (χ2n) is 2.71.